The van der Waals surface area contributed by atoms with Crippen LogP contribution in [-0.2, 0) is 0 Å². The zero-order valence-corrected chi connectivity index (χ0v) is 9.82. The molecule has 1 fully saturated rings. The number of hydrogen-bond acceptors (Lipinski definition) is 3. The highest BCUT2D eigenvalue weighted by Crippen LogP contribution is 2.23. The van der Waals surface area contributed by atoms with Crippen LogP contribution in [-0.4, -0.2) is 35.1 Å². The van der Waals surface area contributed by atoms with Gasteiger partial charge in [0.05, 0.1) is 0 Å². The van der Waals surface area contributed by atoms with Crippen LogP contribution in [0.1, 0.15) is 45.4 Å². The van der Waals surface area contributed by atoms with Gasteiger partial charge in [0.15, 0.2) is 0 Å². The van der Waals surface area contributed by atoms with Gasteiger partial charge in [0.2, 0.25) is 0 Å². The van der Waals surface area contributed by atoms with Gasteiger partial charge in [0, 0.05) is 18.5 Å². The van der Waals surface area contributed by atoms with E-state index < -0.39 is 0 Å². The van der Waals surface area contributed by atoms with Crippen LogP contribution >= 0.6 is 0 Å². The minimum atomic E-state index is 0.324. The Morgan fingerprint density at radius 2 is 2.07 bits per heavy atom. The summed E-state index contributed by atoms with van der Waals surface area (Å²) < 4.78 is 0. The van der Waals surface area contributed by atoms with Crippen molar-refractivity contribution in [3.05, 3.63) is 0 Å². The molecule has 0 spiro atoms. The highest BCUT2D eigenvalue weighted by Gasteiger charge is 2.22. The molecule has 1 aliphatic rings. The molecule has 1 atom stereocenters. The summed E-state index contributed by atoms with van der Waals surface area (Å²) in [6, 6.07) is 1.03. The number of rotatable bonds is 4. The molecular formula is C11H23N3O. The average molecular weight is 213 g/mol. The van der Waals surface area contributed by atoms with Crippen LogP contribution in [0, 0.1) is 0 Å². The van der Waals surface area contributed by atoms with Crippen molar-refractivity contribution in [3.63, 3.8) is 0 Å². The van der Waals surface area contributed by atoms with Crippen LogP contribution in [0.4, 0.5) is 0 Å². The Morgan fingerprint density at radius 3 is 2.60 bits per heavy atom. The molecule has 1 unspecified atom stereocenters. The van der Waals surface area contributed by atoms with Crippen LogP contribution in [0.5, 0.6) is 0 Å². The van der Waals surface area contributed by atoms with Crippen molar-refractivity contribution >= 4 is 5.84 Å². The summed E-state index contributed by atoms with van der Waals surface area (Å²) in [6.07, 6.45) is 7.27. The molecule has 15 heavy (non-hydrogen) atoms. The van der Waals surface area contributed by atoms with Gasteiger partial charge in [0.25, 0.3) is 0 Å². The standard InChI is InChI=1S/C11H23N3O/c1-9(8-11(12)13-15)14(2)10-6-4-3-5-7-10/h9-10,15H,3-8H2,1-2H3,(H2,12,13). The Morgan fingerprint density at radius 1 is 1.47 bits per heavy atom. The number of nitrogens with zero attached hydrogens (tertiary/aromatic N) is 2. The average Bonchev–Trinajstić information content (AvgIpc) is 2.29. The lowest BCUT2D eigenvalue weighted by molar-refractivity contribution is 0.148. The lowest BCUT2D eigenvalue weighted by atomic mass is 9.93. The third-order valence-electron chi connectivity index (χ3n) is 3.48. The maximum atomic E-state index is 8.52. The van der Waals surface area contributed by atoms with Crippen LogP contribution < -0.4 is 5.73 Å². The van der Waals surface area contributed by atoms with Crippen molar-refractivity contribution in [3.8, 4) is 0 Å². The molecule has 4 heteroatoms. The van der Waals surface area contributed by atoms with Gasteiger partial charge in [0.1, 0.15) is 5.84 Å². The largest absolute Gasteiger partial charge is 0.409 e. The van der Waals surface area contributed by atoms with Gasteiger partial charge >= 0.3 is 0 Å². The molecule has 0 aromatic carbocycles. The van der Waals surface area contributed by atoms with Crippen LogP contribution in [0.25, 0.3) is 0 Å². The SMILES string of the molecule is CC(CC(N)=NO)N(C)C1CCCCC1. The Balaban J connectivity index is 2.40. The predicted molar refractivity (Wildman–Crippen MR) is 62.1 cm³/mol. The summed E-state index contributed by atoms with van der Waals surface area (Å²) in [5.41, 5.74) is 5.51. The molecule has 0 radical (unpaired) electrons. The molecule has 1 saturated carbocycles. The first-order valence-corrected chi connectivity index (χ1v) is 5.83. The summed E-state index contributed by atoms with van der Waals surface area (Å²) in [5, 5.41) is 11.5. The smallest absolute Gasteiger partial charge is 0.140 e. The van der Waals surface area contributed by atoms with Crippen molar-refractivity contribution in [2.75, 3.05) is 7.05 Å². The number of amidine groups is 1. The highest BCUT2D eigenvalue weighted by molar-refractivity contribution is 5.80. The van der Waals surface area contributed by atoms with E-state index in [1.807, 2.05) is 0 Å². The molecular weight excluding hydrogens is 190 g/mol. The second-order valence-corrected chi connectivity index (χ2v) is 4.60. The van der Waals surface area contributed by atoms with E-state index in [-0.39, 0.29) is 0 Å². The molecule has 88 valence electrons. The van der Waals surface area contributed by atoms with E-state index >= 15 is 0 Å². The van der Waals surface area contributed by atoms with E-state index in [0.29, 0.717) is 24.3 Å². The van der Waals surface area contributed by atoms with Crippen molar-refractivity contribution in [2.45, 2.75) is 57.5 Å². The van der Waals surface area contributed by atoms with Gasteiger partial charge < -0.3 is 15.8 Å². The van der Waals surface area contributed by atoms with Crippen molar-refractivity contribution < 1.29 is 5.21 Å². The Kier molecular flexibility index (Phi) is 4.88. The van der Waals surface area contributed by atoms with Gasteiger partial charge in [-0.15, -0.1) is 0 Å². The second-order valence-electron chi connectivity index (χ2n) is 4.60. The molecule has 4 nitrogen and oxygen atoms in total. The Labute approximate surface area is 92.1 Å². The number of oxime groups is 1. The van der Waals surface area contributed by atoms with Crippen molar-refractivity contribution in [1.29, 1.82) is 0 Å². The number of hydrogen-bond donors (Lipinski definition) is 2. The molecule has 0 aromatic heterocycles. The highest BCUT2D eigenvalue weighted by atomic mass is 16.4. The lowest BCUT2D eigenvalue weighted by Crippen LogP contribution is -2.41. The molecule has 0 bridgehead atoms. The zero-order chi connectivity index (χ0) is 11.3. The van der Waals surface area contributed by atoms with Gasteiger partial charge in [-0.25, -0.2) is 0 Å². The minimum absolute atomic E-state index is 0.324. The predicted octanol–water partition coefficient (Wildman–Crippen LogP) is 1.78. The van der Waals surface area contributed by atoms with E-state index in [1.54, 1.807) is 0 Å². The van der Waals surface area contributed by atoms with Crippen molar-refractivity contribution in [1.82, 2.24) is 4.90 Å². The monoisotopic (exact) mass is 213 g/mol. The zero-order valence-electron chi connectivity index (χ0n) is 9.82. The first-order chi connectivity index (χ1) is 7.15. The quantitative estimate of drug-likeness (QED) is 0.324. The maximum Gasteiger partial charge on any atom is 0.140 e. The topological polar surface area (TPSA) is 61.9 Å². The summed E-state index contributed by atoms with van der Waals surface area (Å²) in [6.45, 7) is 2.13. The normalized spacial score (nSPS) is 21.9. The molecule has 0 aromatic rings. The summed E-state index contributed by atoms with van der Waals surface area (Å²) in [5.74, 6) is 0.324. The molecule has 3 N–H and O–H groups in total. The molecule has 1 rings (SSSR count). The summed E-state index contributed by atoms with van der Waals surface area (Å²) in [7, 11) is 2.14. The molecule has 0 aliphatic heterocycles. The van der Waals surface area contributed by atoms with Gasteiger partial charge in [-0.2, -0.15) is 0 Å². The van der Waals surface area contributed by atoms with E-state index in [1.165, 1.54) is 32.1 Å². The van der Waals surface area contributed by atoms with Crippen LogP contribution in [0.3, 0.4) is 0 Å². The molecule has 1 aliphatic carbocycles. The first kappa shape index (κ1) is 12.3. The van der Waals surface area contributed by atoms with Gasteiger partial charge in [-0.3, -0.25) is 0 Å². The van der Waals surface area contributed by atoms with Crippen LogP contribution in [0.2, 0.25) is 0 Å². The third kappa shape index (κ3) is 3.70. The maximum absolute atomic E-state index is 8.52. The molecule has 0 saturated heterocycles. The molecule has 0 amide bonds. The molecule has 0 heterocycles. The van der Waals surface area contributed by atoms with E-state index in [9.17, 15) is 0 Å². The summed E-state index contributed by atoms with van der Waals surface area (Å²) >= 11 is 0. The first-order valence-electron chi connectivity index (χ1n) is 5.83. The lowest BCUT2D eigenvalue weighted by Gasteiger charge is -2.35. The fraction of sp³-hybridized carbons (Fsp3) is 0.909. The van der Waals surface area contributed by atoms with E-state index in [0.717, 1.165) is 0 Å². The fourth-order valence-corrected chi connectivity index (χ4v) is 2.34. The summed E-state index contributed by atoms with van der Waals surface area (Å²) in [4.78, 5) is 2.37. The number of nitrogens with two attached hydrogens (primary N) is 1. The van der Waals surface area contributed by atoms with Gasteiger partial charge in [-0.05, 0) is 26.8 Å². The Hall–Kier alpha value is -0.770. The second kappa shape index (κ2) is 5.95. The van der Waals surface area contributed by atoms with E-state index in [2.05, 4.69) is 24.0 Å². The van der Waals surface area contributed by atoms with Crippen LogP contribution in [0.15, 0.2) is 5.16 Å². The van der Waals surface area contributed by atoms with E-state index in [4.69, 9.17) is 10.9 Å². The minimum Gasteiger partial charge on any atom is -0.409 e. The van der Waals surface area contributed by atoms with Gasteiger partial charge in [-0.1, -0.05) is 24.4 Å². The Bertz CT molecular complexity index is 212. The fourth-order valence-electron chi connectivity index (χ4n) is 2.34. The third-order valence-corrected chi connectivity index (χ3v) is 3.48. The van der Waals surface area contributed by atoms with Crippen molar-refractivity contribution in [2.24, 2.45) is 10.9 Å².